The summed E-state index contributed by atoms with van der Waals surface area (Å²) in [5.41, 5.74) is 5.68. The van der Waals surface area contributed by atoms with Gasteiger partial charge in [-0.3, -0.25) is 9.59 Å². The van der Waals surface area contributed by atoms with E-state index in [9.17, 15) is 9.59 Å². The Balaban J connectivity index is 0.000000220. The lowest BCUT2D eigenvalue weighted by molar-refractivity contribution is -0.117. The molecule has 0 bridgehead atoms. The van der Waals surface area contributed by atoms with Crippen LogP contribution in [-0.2, 0) is 9.59 Å². The molecule has 2 aliphatic carbocycles. The SMILES string of the molecule is CC(C)=C1CC[C@H](C)CC1=O.CC1=CC(=O)C(=C(C)C)CC1. The summed E-state index contributed by atoms with van der Waals surface area (Å²) in [6.07, 6.45) is 6.69. The summed E-state index contributed by atoms with van der Waals surface area (Å²) in [6, 6.07) is 0. The molecule has 0 unspecified atom stereocenters. The quantitative estimate of drug-likeness (QED) is 0.566. The summed E-state index contributed by atoms with van der Waals surface area (Å²) >= 11 is 0. The largest absolute Gasteiger partial charge is 0.295 e. The van der Waals surface area contributed by atoms with E-state index in [0.717, 1.165) is 36.8 Å². The number of hydrogen-bond acceptors (Lipinski definition) is 2. The van der Waals surface area contributed by atoms with Crippen LogP contribution in [0.1, 0.15) is 73.6 Å². The lowest BCUT2D eigenvalue weighted by Gasteiger charge is -2.19. The molecule has 0 radical (unpaired) electrons. The van der Waals surface area contributed by atoms with E-state index >= 15 is 0 Å². The molecule has 0 saturated heterocycles. The Kier molecular flexibility index (Phi) is 6.99. The molecule has 0 heterocycles. The van der Waals surface area contributed by atoms with E-state index in [-0.39, 0.29) is 5.78 Å². The summed E-state index contributed by atoms with van der Waals surface area (Å²) in [6.45, 7) is 12.2. The number of ketones is 2. The van der Waals surface area contributed by atoms with Crippen molar-refractivity contribution in [2.24, 2.45) is 5.92 Å². The van der Waals surface area contributed by atoms with Crippen LogP contribution in [0.2, 0.25) is 0 Å². The minimum Gasteiger partial charge on any atom is -0.295 e. The minimum atomic E-state index is 0.216. The average molecular weight is 302 g/mol. The third-order valence-electron chi connectivity index (χ3n) is 4.41. The van der Waals surface area contributed by atoms with Crippen LogP contribution in [0, 0.1) is 5.92 Å². The van der Waals surface area contributed by atoms with Gasteiger partial charge in [0.15, 0.2) is 11.6 Å². The van der Waals surface area contributed by atoms with Crippen molar-refractivity contribution in [2.45, 2.75) is 73.6 Å². The third kappa shape index (κ3) is 5.40. The normalized spacial score (nSPS) is 21.9. The summed E-state index contributed by atoms with van der Waals surface area (Å²) in [7, 11) is 0. The number of hydrogen-bond donors (Lipinski definition) is 0. The monoisotopic (exact) mass is 302 g/mol. The van der Waals surface area contributed by atoms with Gasteiger partial charge in [-0.05, 0) is 83.4 Å². The second kappa shape index (κ2) is 8.26. The molecule has 122 valence electrons. The number of carbonyl (C=O) groups is 2. The van der Waals surface area contributed by atoms with Gasteiger partial charge in [-0.15, -0.1) is 0 Å². The van der Waals surface area contributed by atoms with Crippen molar-refractivity contribution in [2.75, 3.05) is 0 Å². The minimum absolute atomic E-state index is 0.216. The van der Waals surface area contributed by atoms with Gasteiger partial charge in [-0.2, -0.15) is 0 Å². The van der Waals surface area contributed by atoms with Gasteiger partial charge in [0.05, 0.1) is 0 Å². The van der Waals surface area contributed by atoms with Gasteiger partial charge in [0.1, 0.15) is 0 Å². The highest BCUT2D eigenvalue weighted by Crippen LogP contribution is 2.26. The van der Waals surface area contributed by atoms with Crippen LogP contribution >= 0.6 is 0 Å². The van der Waals surface area contributed by atoms with Crippen LogP contribution < -0.4 is 0 Å². The van der Waals surface area contributed by atoms with Crippen LogP contribution in [0.5, 0.6) is 0 Å². The molecule has 2 aliphatic rings. The maximum Gasteiger partial charge on any atom is 0.181 e. The van der Waals surface area contributed by atoms with Crippen LogP contribution in [0.25, 0.3) is 0 Å². The van der Waals surface area contributed by atoms with Crippen molar-refractivity contribution in [3.05, 3.63) is 33.9 Å². The van der Waals surface area contributed by atoms with Crippen molar-refractivity contribution < 1.29 is 9.59 Å². The Hall–Kier alpha value is -1.44. The van der Waals surface area contributed by atoms with Gasteiger partial charge in [-0.1, -0.05) is 23.6 Å². The molecule has 2 nitrogen and oxygen atoms in total. The summed E-state index contributed by atoms with van der Waals surface area (Å²) in [4.78, 5) is 22.7. The van der Waals surface area contributed by atoms with Gasteiger partial charge in [0, 0.05) is 6.42 Å². The Bertz CT molecular complexity index is 536. The van der Waals surface area contributed by atoms with Crippen LogP contribution in [0.4, 0.5) is 0 Å². The number of allylic oxidation sites excluding steroid dienone is 6. The molecule has 1 saturated carbocycles. The molecule has 2 rings (SSSR count). The number of rotatable bonds is 0. The van der Waals surface area contributed by atoms with E-state index in [1.54, 1.807) is 6.08 Å². The summed E-state index contributed by atoms with van der Waals surface area (Å²) < 4.78 is 0. The predicted octanol–water partition coefficient (Wildman–Crippen LogP) is 5.34. The molecular weight excluding hydrogens is 272 g/mol. The lowest BCUT2D eigenvalue weighted by Crippen LogP contribution is -2.16. The molecule has 0 aromatic heterocycles. The van der Waals surface area contributed by atoms with Gasteiger partial charge < -0.3 is 0 Å². The van der Waals surface area contributed by atoms with E-state index in [2.05, 4.69) is 6.92 Å². The molecule has 0 aromatic rings. The molecule has 1 fully saturated rings. The zero-order valence-corrected chi connectivity index (χ0v) is 15.0. The first-order chi connectivity index (χ1) is 10.2. The topological polar surface area (TPSA) is 34.1 Å². The van der Waals surface area contributed by atoms with Crippen molar-refractivity contribution in [3.8, 4) is 0 Å². The van der Waals surface area contributed by atoms with Crippen molar-refractivity contribution in [3.63, 3.8) is 0 Å². The van der Waals surface area contributed by atoms with Gasteiger partial charge >= 0.3 is 0 Å². The summed E-state index contributed by atoms with van der Waals surface area (Å²) in [5.74, 6) is 1.20. The zero-order chi connectivity index (χ0) is 16.9. The Morgan fingerprint density at radius 3 is 2.00 bits per heavy atom. The highest BCUT2D eigenvalue weighted by Gasteiger charge is 2.20. The van der Waals surface area contributed by atoms with E-state index in [1.165, 1.54) is 23.1 Å². The first-order valence-corrected chi connectivity index (χ1v) is 8.29. The fourth-order valence-corrected chi connectivity index (χ4v) is 2.93. The highest BCUT2D eigenvalue weighted by molar-refractivity contribution is 6.05. The zero-order valence-electron chi connectivity index (χ0n) is 15.0. The summed E-state index contributed by atoms with van der Waals surface area (Å²) in [5, 5.41) is 0. The average Bonchev–Trinajstić information content (AvgIpc) is 2.38. The fourth-order valence-electron chi connectivity index (χ4n) is 2.93. The first kappa shape index (κ1) is 18.6. The second-order valence-corrected chi connectivity index (χ2v) is 7.08. The number of Topliss-reactive ketones (excluding diaryl/α,β-unsaturated/α-hetero) is 1. The maximum absolute atomic E-state index is 11.4. The van der Waals surface area contributed by atoms with E-state index < -0.39 is 0 Å². The molecule has 0 N–H and O–H groups in total. The first-order valence-electron chi connectivity index (χ1n) is 8.29. The molecule has 1 atom stereocenters. The van der Waals surface area contributed by atoms with E-state index in [1.807, 2.05) is 34.6 Å². The van der Waals surface area contributed by atoms with Crippen LogP contribution in [0.15, 0.2) is 33.9 Å². The fraction of sp³-hybridized carbons (Fsp3) is 0.600. The smallest absolute Gasteiger partial charge is 0.181 e. The van der Waals surface area contributed by atoms with Gasteiger partial charge in [-0.25, -0.2) is 0 Å². The third-order valence-corrected chi connectivity index (χ3v) is 4.41. The molecule has 2 heteroatoms. The van der Waals surface area contributed by atoms with Gasteiger partial charge in [0.2, 0.25) is 0 Å². The second-order valence-electron chi connectivity index (χ2n) is 7.08. The molecule has 0 amide bonds. The predicted molar refractivity (Wildman–Crippen MR) is 92.8 cm³/mol. The molecule has 0 aromatic carbocycles. The van der Waals surface area contributed by atoms with E-state index in [0.29, 0.717) is 11.7 Å². The highest BCUT2D eigenvalue weighted by atomic mass is 16.1. The van der Waals surface area contributed by atoms with E-state index in [4.69, 9.17) is 0 Å². The van der Waals surface area contributed by atoms with Crippen molar-refractivity contribution in [1.29, 1.82) is 0 Å². The Labute approximate surface area is 135 Å². The molecule has 0 aliphatic heterocycles. The maximum atomic E-state index is 11.4. The molecule has 0 spiro atoms. The van der Waals surface area contributed by atoms with Crippen molar-refractivity contribution in [1.82, 2.24) is 0 Å². The van der Waals surface area contributed by atoms with Crippen LogP contribution in [-0.4, -0.2) is 11.6 Å². The standard InChI is InChI=1S/C10H16O.C10H14O/c2*1-7(2)9-5-4-8(3)6-10(9)11/h8H,4-6H2,1-3H3;6H,4-5H2,1-3H3/t8-;/m0./s1. The number of carbonyl (C=O) groups excluding carboxylic acids is 2. The molecular formula is C20H30O2. The Morgan fingerprint density at radius 2 is 1.55 bits per heavy atom. The lowest BCUT2D eigenvalue weighted by atomic mass is 9.84. The van der Waals surface area contributed by atoms with Gasteiger partial charge in [0.25, 0.3) is 0 Å². The Morgan fingerprint density at radius 1 is 0.955 bits per heavy atom. The van der Waals surface area contributed by atoms with Crippen molar-refractivity contribution >= 4 is 11.6 Å². The molecule has 22 heavy (non-hydrogen) atoms. The van der Waals surface area contributed by atoms with Crippen LogP contribution in [0.3, 0.4) is 0 Å².